The maximum Gasteiger partial charge on any atom is 0.335 e. The third kappa shape index (κ3) is 4.55. The smallest absolute Gasteiger partial charge is 0.335 e. The molecule has 0 aliphatic heterocycles. The molecule has 0 spiro atoms. The van der Waals surface area contributed by atoms with E-state index in [9.17, 15) is 17.6 Å². The van der Waals surface area contributed by atoms with E-state index in [4.69, 9.17) is 9.84 Å². The summed E-state index contributed by atoms with van der Waals surface area (Å²) in [6.07, 6.45) is 1.20. The van der Waals surface area contributed by atoms with Gasteiger partial charge >= 0.3 is 5.97 Å². The number of sulfonamides is 1. The third-order valence-electron chi connectivity index (χ3n) is 2.53. The van der Waals surface area contributed by atoms with Crippen LogP contribution in [0.25, 0.3) is 0 Å². The first-order chi connectivity index (χ1) is 9.38. The summed E-state index contributed by atoms with van der Waals surface area (Å²) in [5.41, 5.74) is -0.286. The molecule has 1 rings (SSSR count). The molecule has 0 saturated carbocycles. The van der Waals surface area contributed by atoms with Crippen LogP contribution in [-0.4, -0.2) is 39.8 Å². The largest absolute Gasteiger partial charge is 0.478 e. The van der Waals surface area contributed by atoms with Crippen LogP contribution in [0.4, 0.5) is 4.39 Å². The zero-order chi connectivity index (χ0) is 15.2. The minimum atomic E-state index is -4.06. The molecule has 0 aliphatic carbocycles. The van der Waals surface area contributed by atoms with Crippen LogP contribution in [0, 0.1) is 5.82 Å². The third-order valence-corrected chi connectivity index (χ3v) is 4.01. The highest BCUT2D eigenvalue weighted by molar-refractivity contribution is 7.89. The van der Waals surface area contributed by atoms with Crippen molar-refractivity contribution in [3.8, 4) is 0 Å². The summed E-state index contributed by atoms with van der Waals surface area (Å²) in [7, 11) is -2.52. The predicted octanol–water partition coefficient (Wildman–Crippen LogP) is 1.23. The van der Waals surface area contributed by atoms with Gasteiger partial charge in [0.1, 0.15) is 10.7 Å². The Labute approximate surface area is 116 Å². The summed E-state index contributed by atoms with van der Waals surface area (Å²) in [6, 6.07) is 2.63. The lowest BCUT2D eigenvalue weighted by Gasteiger charge is -2.08. The summed E-state index contributed by atoms with van der Waals surface area (Å²) >= 11 is 0. The van der Waals surface area contributed by atoms with Gasteiger partial charge < -0.3 is 9.84 Å². The van der Waals surface area contributed by atoms with Gasteiger partial charge in [0.2, 0.25) is 10.0 Å². The van der Waals surface area contributed by atoms with Gasteiger partial charge in [-0.05, 0) is 31.0 Å². The molecule has 0 aromatic heterocycles. The van der Waals surface area contributed by atoms with Crippen LogP contribution >= 0.6 is 0 Å². The highest BCUT2D eigenvalue weighted by atomic mass is 32.2. The van der Waals surface area contributed by atoms with Crippen LogP contribution in [0.2, 0.25) is 0 Å². The second-order valence-electron chi connectivity index (χ2n) is 4.05. The Morgan fingerprint density at radius 3 is 2.70 bits per heavy atom. The number of carbonyl (C=O) groups is 1. The Kier molecular flexibility index (Phi) is 6.05. The van der Waals surface area contributed by atoms with Gasteiger partial charge in [-0.15, -0.1) is 0 Å². The molecule has 1 aromatic rings. The number of unbranched alkanes of at least 4 members (excludes halogenated alkanes) is 1. The molecule has 1 aromatic carbocycles. The van der Waals surface area contributed by atoms with E-state index in [1.807, 2.05) is 0 Å². The molecule has 2 N–H and O–H groups in total. The Morgan fingerprint density at radius 2 is 2.10 bits per heavy atom. The zero-order valence-corrected chi connectivity index (χ0v) is 11.7. The molecule has 0 unspecified atom stereocenters. The molecular formula is C12H16FNO5S. The Balaban J connectivity index is 2.81. The molecule has 0 heterocycles. The van der Waals surface area contributed by atoms with Crippen molar-refractivity contribution in [2.45, 2.75) is 17.7 Å². The van der Waals surface area contributed by atoms with Crippen LogP contribution in [0.5, 0.6) is 0 Å². The number of nitrogens with one attached hydrogen (secondary N) is 1. The maximum atomic E-state index is 13.5. The lowest BCUT2D eigenvalue weighted by molar-refractivity contribution is 0.0696. The van der Waals surface area contributed by atoms with Crippen LogP contribution in [0.3, 0.4) is 0 Å². The molecule has 0 radical (unpaired) electrons. The number of rotatable bonds is 8. The zero-order valence-electron chi connectivity index (χ0n) is 10.9. The molecule has 0 atom stereocenters. The van der Waals surface area contributed by atoms with E-state index in [1.54, 1.807) is 0 Å². The Hall–Kier alpha value is -1.51. The standard InChI is InChI=1S/C12H16FNO5S/c1-19-7-3-2-6-14-20(17,18)11-8-9(12(15)16)4-5-10(11)13/h4-5,8,14H,2-3,6-7H2,1H3,(H,15,16). The van der Waals surface area contributed by atoms with E-state index >= 15 is 0 Å². The fraction of sp³-hybridized carbons (Fsp3) is 0.417. The second-order valence-corrected chi connectivity index (χ2v) is 5.78. The van der Waals surface area contributed by atoms with E-state index in [0.717, 1.165) is 18.2 Å². The molecule has 0 fully saturated rings. The van der Waals surface area contributed by atoms with Gasteiger partial charge in [-0.2, -0.15) is 0 Å². The quantitative estimate of drug-likeness (QED) is 0.705. The summed E-state index contributed by atoms with van der Waals surface area (Å²) in [6.45, 7) is 0.632. The molecule has 0 bridgehead atoms. The first-order valence-corrected chi connectivity index (χ1v) is 7.38. The molecule has 0 saturated heterocycles. The average molecular weight is 305 g/mol. The van der Waals surface area contributed by atoms with Crippen molar-refractivity contribution >= 4 is 16.0 Å². The van der Waals surface area contributed by atoms with E-state index in [0.29, 0.717) is 19.4 Å². The van der Waals surface area contributed by atoms with Gasteiger partial charge in [0.15, 0.2) is 0 Å². The van der Waals surface area contributed by atoms with Crippen molar-refractivity contribution in [3.63, 3.8) is 0 Å². The molecule has 112 valence electrons. The average Bonchev–Trinajstić information content (AvgIpc) is 2.38. The predicted molar refractivity (Wildman–Crippen MR) is 69.7 cm³/mol. The highest BCUT2D eigenvalue weighted by Gasteiger charge is 2.20. The Morgan fingerprint density at radius 1 is 1.40 bits per heavy atom. The topological polar surface area (TPSA) is 92.7 Å². The number of hydrogen-bond acceptors (Lipinski definition) is 4. The summed E-state index contributed by atoms with van der Waals surface area (Å²) < 4.78 is 44.3. The molecule has 0 amide bonds. The van der Waals surface area contributed by atoms with Crippen LogP contribution < -0.4 is 4.72 Å². The van der Waals surface area contributed by atoms with Crippen molar-refractivity contribution in [1.82, 2.24) is 4.72 Å². The second kappa shape index (κ2) is 7.32. The van der Waals surface area contributed by atoms with Gasteiger partial charge in [0.25, 0.3) is 0 Å². The van der Waals surface area contributed by atoms with Crippen molar-refractivity contribution in [1.29, 1.82) is 0 Å². The van der Waals surface area contributed by atoms with Gasteiger partial charge in [-0.3, -0.25) is 0 Å². The highest BCUT2D eigenvalue weighted by Crippen LogP contribution is 2.16. The summed E-state index contributed by atoms with van der Waals surface area (Å²) in [5, 5.41) is 8.79. The number of halogens is 1. The van der Waals surface area contributed by atoms with Crippen LogP contribution in [-0.2, 0) is 14.8 Å². The van der Waals surface area contributed by atoms with Gasteiger partial charge in [-0.25, -0.2) is 22.3 Å². The molecule has 0 aliphatic rings. The molecule has 20 heavy (non-hydrogen) atoms. The fourth-order valence-electron chi connectivity index (χ4n) is 1.50. The normalized spacial score (nSPS) is 11.5. The number of ether oxygens (including phenoxy) is 1. The number of benzene rings is 1. The first kappa shape index (κ1) is 16.5. The summed E-state index contributed by atoms with van der Waals surface area (Å²) in [5.74, 6) is -2.30. The maximum absolute atomic E-state index is 13.5. The van der Waals surface area contributed by atoms with Gasteiger partial charge in [-0.1, -0.05) is 0 Å². The molecular weight excluding hydrogens is 289 g/mol. The lowest BCUT2D eigenvalue weighted by atomic mass is 10.2. The number of carboxylic acid groups (broad SMARTS) is 1. The summed E-state index contributed by atoms with van der Waals surface area (Å²) in [4.78, 5) is 10.1. The van der Waals surface area contributed by atoms with Crippen LogP contribution in [0.1, 0.15) is 23.2 Å². The van der Waals surface area contributed by atoms with E-state index in [-0.39, 0.29) is 12.1 Å². The van der Waals surface area contributed by atoms with Crippen molar-refractivity contribution in [2.24, 2.45) is 0 Å². The first-order valence-electron chi connectivity index (χ1n) is 5.90. The number of aromatic carboxylic acids is 1. The van der Waals surface area contributed by atoms with Crippen molar-refractivity contribution < 1.29 is 27.4 Å². The van der Waals surface area contributed by atoms with E-state index < -0.39 is 26.7 Å². The van der Waals surface area contributed by atoms with Gasteiger partial charge in [0, 0.05) is 20.3 Å². The monoisotopic (exact) mass is 305 g/mol. The van der Waals surface area contributed by atoms with E-state index in [1.165, 1.54) is 7.11 Å². The fourth-order valence-corrected chi connectivity index (χ4v) is 2.67. The minimum absolute atomic E-state index is 0.127. The SMILES string of the molecule is COCCCCNS(=O)(=O)c1cc(C(=O)O)ccc1F. The number of methoxy groups -OCH3 is 1. The number of hydrogen-bond donors (Lipinski definition) is 2. The van der Waals surface area contributed by atoms with Gasteiger partial charge in [0.05, 0.1) is 5.56 Å². The minimum Gasteiger partial charge on any atom is -0.478 e. The van der Waals surface area contributed by atoms with Crippen molar-refractivity contribution in [3.05, 3.63) is 29.6 Å². The lowest BCUT2D eigenvalue weighted by Crippen LogP contribution is -2.26. The molecule has 8 heteroatoms. The van der Waals surface area contributed by atoms with E-state index in [2.05, 4.69) is 4.72 Å². The van der Waals surface area contributed by atoms with Crippen molar-refractivity contribution in [2.75, 3.05) is 20.3 Å². The Bertz CT molecular complexity index is 573. The molecule has 6 nitrogen and oxygen atoms in total. The number of carboxylic acids is 1. The van der Waals surface area contributed by atoms with Crippen LogP contribution in [0.15, 0.2) is 23.1 Å².